The topological polar surface area (TPSA) is 82.8 Å². The first kappa shape index (κ1) is 23.1. The van der Waals surface area contributed by atoms with Crippen molar-refractivity contribution in [1.82, 2.24) is 14.6 Å². The van der Waals surface area contributed by atoms with Crippen LogP contribution in [0.2, 0.25) is 0 Å². The van der Waals surface area contributed by atoms with Crippen molar-refractivity contribution >= 4 is 44.3 Å². The van der Waals surface area contributed by atoms with Crippen LogP contribution in [0.4, 0.5) is 0 Å². The third-order valence-corrected chi connectivity index (χ3v) is 6.53. The molecule has 2 aromatic heterocycles. The summed E-state index contributed by atoms with van der Waals surface area (Å²) >= 11 is 4.65. The van der Waals surface area contributed by atoms with Crippen LogP contribution in [-0.4, -0.2) is 27.7 Å². The number of hydrogen-bond donors (Lipinski definition) is 0. The normalized spacial score (nSPS) is 12.4. The van der Waals surface area contributed by atoms with E-state index >= 15 is 0 Å². The molecule has 0 fully saturated rings. The molecule has 0 N–H and O–H groups in total. The van der Waals surface area contributed by atoms with Gasteiger partial charge in [-0.25, -0.2) is 0 Å². The fourth-order valence-electron chi connectivity index (χ4n) is 3.29. The Hall–Kier alpha value is -3.04. The van der Waals surface area contributed by atoms with Gasteiger partial charge in [-0.05, 0) is 50.7 Å². The number of rotatable bonds is 4. The Morgan fingerprint density at radius 2 is 1.88 bits per heavy atom. The predicted octanol–water partition coefficient (Wildman–Crippen LogP) is 4.36. The zero-order chi connectivity index (χ0) is 23.9. The van der Waals surface area contributed by atoms with Crippen LogP contribution in [0.3, 0.4) is 0 Å². The Balaban J connectivity index is 1.71. The maximum atomic E-state index is 12.9. The SMILES string of the molecule is COc1cc(C=c2sc3nc(-c4ccc(C(C)(C)C)cc4)nn3c2=O)cc(Br)c1OC(C)=O. The molecule has 0 aliphatic carbocycles. The van der Waals surface area contributed by atoms with Gasteiger partial charge < -0.3 is 9.47 Å². The molecular formula is C24H22BrN3O4S. The Bertz CT molecular complexity index is 1470. The second kappa shape index (κ2) is 8.72. The van der Waals surface area contributed by atoms with E-state index in [1.165, 1.54) is 35.4 Å². The molecule has 33 heavy (non-hydrogen) atoms. The standard InChI is InChI=1S/C24H22BrN3O4S/c1-13(29)32-20-17(25)10-14(11-18(20)31-5)12-19-22(30)28-23(33-19)26-21(27-28)15-6-8-16(9-7-15)24(2,3)4/h6-12H,1-5H3. The first-order valence-corrected chi connectivity index (χ1v) is 11.8. The number of nitrogens with zero attached hydrogens (tertiary/aromatic N) is 3. The molecule has 0 saturated carbocycles. The maximum absolute atomic E-state index is 12.9. The van der Waals surface area contributed by atoms with Crippen LogP contribution < -0.4 is 19.6 Å². The van der Waals surface area contributed by atoms with E-state index in [-0.39, 0.29) is 16.7 Å². The maximum Gasteiger partial charge on any atom is 0.308 e. The molecule has 170 valence electrons. The molecule has 9 heteroatoms. The molecule has 0 bridgehead atoms. The summed E-state index contributed by atoms with van der Waals surface area (Å²) in [5, 5.41) is 4.43. The van der Waals surface area contributed by atoms with E-state index in [0.717, 1.165) is 5.56 Å². The van der Waals surface area contributed by atoms with Gasteiger partial charge in [0.05, 0.1) is 16.1 Å². The number of aromatic nitrogens is 3. The van der Waals surface area contributed by atoms with Crippen molar-refractivity contribution in [2.45, 2.75) is 33.1 Å². The molecule has 2 aromatic carbocycles. The molecule has 0 radical (unpaired) electrons. The summed E-state index contributed by atoms with van der Waals surface area (Å²) in [5.74, 6) is 0.718. The van der Waals surface area contributed by atoms with Crippen molar-refractivity contribution in [3.05, 3.63) is 66.9 Å². The van der Waals surface area contributed by atoms with E-state index in [1.807, 2.05) is 12.1 Å². The highest BCUT2D eigenvalue weighted by atomic mass is 79.9. The van der Waals surface area contributed by atoms with Crippen LogP contribution in [0.1, 0.15) is 38.8 Å². The highest BCUT2D eigenvalue weighted by Crippen LogP contribution is 2.37. The van der Waals surface area contributed by atoms with Crippen molar-refractivity contribution in [3.8, 4) is 22.9 Å². The van der Waals surface area contributed by atoms with Gasteiger partial charge in [-0.3, -0.25) is 9.59 Å². The van der Waals surface area contributed by atoms with Gasteiger partial charge in [0, 0.05) is 12.5 Å². The van der Waals surface area contributed by atoms with E-state index in [0.29, 0.717) is 31.1 Å². The number of thiazole rings is 1. The third-order valence-electron chi connectivity index (χ3n) is 4.99. The van der Waals surface area contributed by atoms with Gasteiger partial charge >= 0.3 is 5.97 Å². The monoisotopic (exact) mass is 527 g/mol. The molecule has 0 spiro atoms. The number of hydrogen-bond acceptors (Lipinski definition) is 7. The molecule has 0 aliphatic rings. The van der Waals surface area contributed by atoms with Crippen molar-refractivity contribution in [1.29, 1.82) is 0 Å². The van der Waals surface area contributed by atoms with Crippen LogP contribution in [0.5, 0.6) is 11.5 Å². The fraction of sp³-hybridized carbons (Fsp3) is 0.250. The molecule has 0 amide bonds. The average Bonchev–Trinajstić information content (AvgIpc) is 3.28. The third kappa shape index (κ3) is 4.69. The van der Waals surface area contributed by atoms with E-state index in [1.54, 1.807) is 18.2 Å². The lowest BCUT2D eigenvalue weighted by Gasteiger charge is -2.18. The summed E-state index contributed by atoms with van der Waals surface area (Å²) in [5.41, 5.74) is 2.59. The number of halogens is 1. The lowest BCUT2D eigenvalue weighted by molar-refractivity contribution is -0.132. The molecule has 2 heterocycles. The summed E-state index contributed by atoms with van der Waals surface area (Å²) in [7, 11) is 1.48. The van der Waals surface area contributed by atoms with Crippen LogP contribution >= 0.6 is 27.3 Å². The zero-order valence-electron chi connectivity index (χ0n) is 18.8. The number of ether oxygens (including phenoxy) is 2. The van der Waals surface area contributed by atoms with Crippen molar-refractivity contribution in [2.24, 2.45) is 0 Å². The Kier molecular flexibility index (Phi) is 6.11. The van der Waals surface area contributed by atoms with Crippen molar-refractivity contribution in [2.75, 3.05) is 7.11 Å². The summed E-state index contributed by atoms with van der Waals surface area (Å²) in [6, 6.07) is 11.5. The van der Waals surface area contributed by atoms with Crippen LogP contribution in [0, 0.1) is 0 Å². The van der Waals surface area contributed by atoms with Gasteiger partial charge in [0.25, 0.3) is 5.56 Å². The van der Waals surface area contributed by atoms with Gasteiger partial charge in [-0.15, -0.1) is 5.10 Å². The number of methoxy groups -OCH3 is 1. The van der Waals surface area contributed by atoms with Gasteiger partial charge in [-0.1, -0.05) is 56.4 Å². The number of esters is 1. The summed E-state index contributed by atoms with van der Waals surface area (Å²) < 4.78 is 12.9. The van der Waals surface area contributed by atoms with E-state index < -0.39 is 5.97 Å². The lowest BCUT2D eigenvalue weighted by atomic mass is 9.87. The number of carbonyl (C=O) groups is 1. The van der Waals surface area contributed by atoms with E-state index in [9.17, 15) is 9.59 Å². The van der Waals surface area contributed by atoms with E-state index in [4.69, 9.17) is 9.47 Å². The van der Waals surface area contributed by atoms with Gasteiger partial charge in [0.1, 0.15) is 0 Å². The zero-order valence-corrected chi connectivity index (χ0v) is 21.2. The molecule has 7 nitrogen and oxygen atoms in total. The Morgan fingerprint density at radius 3 is 2.45 bits per heavy atom. The molecule has 0 atom stereocenters. The summed E-state index contributed by atoms with van der Waals surface area (Å²) in [4.78, 5) is 29.4. The highest BCUT2D eigenvalue weighted by Gasteiger charge is 2.17. The minimum absolute atomic E-state index is 0.0570. The van der Waals surface area contributed by atoms with Gasteiger partial charge in [-0.2, -0.15) is 9.50 Å². The number of carbonyl (C=O) groups excluding carboxylic acids is 1. The molecule has 0 aliphatic heterocycles. The largest absolute Gasteiger partial charge is 0.493 e. The first-order chi connectivity index (χ1) is 15.6. The number of fused-ring (bicyclic) bond motifs is 1. The second-order valence-corrected chi connectivity index (χ2v) is 10.4. The fourth-order valence-corrected chi connectivity index (χ4v) is 4.74. The minimum atomic E-state index is -0.457. The van der Waals surface area contributed by atoms with E-state index in [2.05, 4.69) is 58.9 Å². The second-order valence-electron chi connectivity index (χ2n) is 8.50. The smallest absolute Gasteiger partial charge is 0.308 e. The molecule has 4 aromatic rings. The quantitative estimate of drug-likeness (QED) is 0.289. The Morgan fingerprint density at radius 1 is 1.18 bits per heavy atom. The van der Waals surface area contributed by atoms with Gasteiger partial charge in [0.2, 0.25) is 4.96 Å². The first-order valence-electron chi connectivity index (χ1n) is 10.1. The summed E-state index contributed by atoms with van der Waals surface area (Å²) in [6.45, 7) is 7.79. The predicted molar refractivity (Wildman–Crippen MR) is 132 cm³/mol. The lowest BCUT2D eigenvalue weighted by Crippen LogP contribution is -2.23. The average molecular weight is 528 g/mol. The summed E-state index contributed by atoms with van der Waals surface area (Å²) in [6.07, 6.45) is 1.73. The van der Waals surface area contributed by atoms with Gasteiger partial charge in [0.15, 0.2) is 17.3 Å². The number of benzene rings is 2. The molecule has 0 unspecified atom stereocenters. The van der Waals surface area contributed by atoms with Crippen molar-refractivity contribution < 1.29 is 14.3 Å². The van der Waals surface area contributed by atoms with Crippen LogP contribution in [0.15, 0.2) is 45.7 Å². The minimum Gasteiger partial charge on any atom is -0.493 e. The highest BCUT2D eigenvalue weighted by molar-refractivity contribution is 9.10. The Labute approximate surface area is 202 Å². The van der Waals surface area contributed by atoms with Crippen LogP contribution in [0.25, 0.3) is 22.4 Å². The molecule has 4 rings (SSSR count). The van der Waals surface area contributed by atoms with Crippen LogP contribution in [-0.2, 0) is 10.2 Å². The van der Waals surface area contributed by atoms with Crippen molar-refractivity contribution in [3.63, 3.8) is 0 Å². The molecular weight excluding hydrogens is 506 g/mol. The molecule has 0 saturated heterocycles.